The number of rotatable bonds is 4. The summed E-state index contributed by atoms with van der Waals surface area (Å²) in [7, 11) is 1.47. The zero-order chi connectivity index (χ0) is 17.0. The highest BCUT2D eigenvalue weighted by Crippen LogP contribution is 2.23. The molecular formula is C17H16F2N2O2. The molecule has 2 aromatic carbocycles. The van der Waals surface area contributed by atoms with Crippen molar-refractivity contribution in [3.05, 3.63) is 65.7 Å². The van der Waals surface area contributed by atoms with E-state index in [0.29, 0.717) is 5.56 Å². The second-order valence-corrected chi connectivity index (χ2v) is 5.06. The first-order valence-electron chi connectivity index (χ1n) is 6.94. The van der Waals surface area contributed by atoms with Gasteiger partial charge < -0.3 is 10.2 Å². The third kappa shape index (κ3) is 3.91. The summed E-state index contributed by atoms with van der Waals surface area (Å²) < 4.78 is 26.9. The van der Waals surface area contributed by atoms with E-state index < -0.39 is 23.6 Å². The number of carbonyl (C=O) groups excluding carboxylic acids is 2. The molecule has 0 heterocycles. The molecule has 0 saturated carbocycles. The van der Waals surface area contributed by atoms with E-state index in [9.17, 15) is 18.4 Å². The first-order chi connectivity index (χ1) is 10.9. The molecule has 0 saturated heterocycles. The summed E-state index contributed by atoms with van der Waals surface area (Å²) in [5.74, 6) is -2.37. The number of amides is 2. The molecule has 4 nitrogen and oxygen atoms in total. The van der Waals surface area contributed by atoms with Gasteiger partial charge in [-0.15, -0.1) is 0 Å². The molecule has 1 N–H and O–H groups in total. The van der Waals surface area contributed by atoms with Gasteiger partial charge in [0.25, 0.3) is 5.91 Å². The summed E-state index contributed by atoms with van der Waals surface area (Å²) in [6.45, 7) is 1.33. The maximum Gasteiger partial charge on any atom is 0.251 e. The van der Waals surface area contributed by atoms with Crippen molar-refractivity contribution < 1.29 is 18.4 Å². The van der Waals surface area contributed by atoms with Gasteiger partial charge in [-0.2, -0.15) is 0 Å². The largest absolute Gasteiger partial charge is 0.330 e. The summed E-state index contributed by atoms with van der Waals surface area (Å²) in [5, 5.41) is 2.34. The van der Waals surface area contributed by atoms with E-state index in [1.165, 1.54) is 18.9 Å². The smallest absolute Gasteiger partial charge is 0.251 e. The van der Waals surface area contributed by atoms with Crippen LogP contribution in [0.1, 0.15) is 18.5 Å². The minimum Gasteiger partial charge on any atom is -0.330 e. The van der Waals surface area contributed by atoms with Crippen LogP contribution in [0.3, 0.4) is 0 Å². The number of hydrogen-bond donors (Lipinski definition) is 1. The molecule has 0 spiro atoms. The Labute approximate surface area is 132 Å². The second kappa shape index (κ2) is 7.00. The van der Waals surface area contributed by atoms with E-state index in [2.05, 4.69) is 5.32 Å². The first kappa shape index (κ1) is 16.6. The Hall–Kier alpha value is -2.76. The van der Waals surface area contributed by atoms with Gasteiger partial charge in [0.05, 0.1) is 5.69 Å². The van der Waals surface area contributed by atoms with Crippen molar-refractivity contribution in [2.75, 3.05) is 12.4 Å². The van der Waals surface area contributed by atoms with Gasteiger partial charge in [0, 0.05) is 20.0 Å². The van der Waals surface area contributed by atoms with Crippen molar-refractivity contribution in [1.82, 2.24) is 4.90 Å². The summed E-state index contributed by atoms with van der Waals surface area (Å²) in [5.41, 5.74) is 0.299. The Balaban J connectivity index is 2.34. The van der Waals surface area contributed by atoms with Crippen LogP contribution in [0.4, 0.5) is 14.5 Å². The number of halogens is 2. The first-order valence-corrected chi connectivity index (χ1v) is 6.94. The highest BCUT2D eigenvalue weighted by atomic mass is 19.1. The lowest BCUT2D eigenvalue weighted by Crippen LogP contribution is -2.37. The number of anilines is 1. The van der Waals surface area contributed by atoms with Gasteiger partial charge in [-0.05, 0) is 17.7 Å². The summed E-state index contributed by atoms with van der Waals surface area (Å²) >= 11 is 0. The van der Waals surface area contributed by atoms with Crippen LogP contribution in [0, 0.1) is 11.6 Å². The third-order valence-electron chi connectivity index (χ3n) is 3.43. The third-order valence-corrected chi connectivity index (χ3v) is 3.43. The fraction of sp³-hybridized carbons (Fsp3) is 0.176. The molecule has 2 aromatic rings. The average Bonchev–Trinajstić information content (AvgIpc) is 2.52. The van der Waals surface area contributed by atoms with E-state index in [1.807, 2.05) is 0 Å². The van der Waals surface area contributed by atoms with Gasteiger partial charge in [-0.3, -0.25) is 9.59 Å². The standard InChI is InChI=1S/C17H16F2N2O2/c1-11(22)21(2)16(12-6-4-3-5-7-12)17(23)20-15-10-13(18)8-9-14(15)19/h3-10,16H,1-2H3,(H,20,23). The highest BCUT2D eigenvalue weighted by Gasteiger charge is 2.27. The Morgan fingerprint density at radius 3 is 2.35 bits per heavy atom. The van der Waals surface area contributed by atoms with Crippen molar-refractivity contribution in [2.45, 2.75) is 13.0 Å². The highest BCUT2D eigenvalue weighted by molar-refractivity contribution is 5.97. The van der Waals surface area contributed by atoms with Crippen molar-refractivity contribution in [2.24, 2.45) is 0 Å². The molecule has 6 heteroatoms. The Morgan fingerprint density at radius 1 is 1.09 bits per heavy atom. The Kier molecular flexibility index (Phi) is 5.05. The van der Waals surface area contributed by atoms with E-state index in [1.54, 1.807) is 30.3 Å². The molecule has 0 radical (unpaired) electrons. The number of benzene rings is 2. The van der Waals surface area contributed by atoms with Crippen LogP contribution in [0.5, 0.6) is 0 Å². The van der Waals surface area contributed by atoms with Crippen LogP contribution < -0.4 is 5.32 Å². The predicted octanol–water partition coefficient (Wildman–Crippen LogP) is 3.12. The topological polar surface area (TPSA) is 49.4 Å². The van der Waals surface area contributed by atoms with Gasteiger partial charge in [-0.25, -0.2) is 8.78 Å². The van der Waals surface area contributed by atoms with E-state index in [-0.39, 0.29) is 11.6 Å². The van der Waals surface area contributed by atoms with Gasteiger partial charge in [0.15, 0.2) is 0 Å². The molecule has 0 fully saturated rings. The molecule has 0 bridgehead atoms. The summed E-state index contributed by atoms with van der Waals surface area (Å²) in [6, 6.07) is 10.4. The molecule has 0 aliphatic carbocycles. The lowest BCUT2D eigenvalue weighted by atomic mass is 10.0. The predicted molar refractivity (Wildman–Crippen MR) is 82.6 cm³/mol. The average molecular weight is 318 g/mol. The zero-order valence-corrected chi connectivity index (χ0v) is 12.7. The fourth-order valence-corrected chi connectivity index (χ4v) is 2.16. The lowest BCUT2D eigenvalue weighted by molar-refractivity contribution is -0.135. The van der Waals surface area contributed by atoms with Crippen LogP contribution in [-0.4, -0.2) is 23.8 Å². The summed E-state index contributed by atoms with van der Waals surface area (Å²) in [4.78, 5) is 25.4. The minimum atomic E-state index is -0.948. The van der Waals surface area contributed by atoms with Crippen molar-refractivity contribution in [3.8, 4) is 0 Å². The van der Waals surface area contributed by atoms with Gasteiger partial charge >= 0.3 is 0 Å². The molecule has 23 heavy (non-hydrogen) atoms. The van der Waals surface area contributed by atoms with E-state index in [4.69, 9.17) is 0 Å². The molecule has 2 rings (SSSR count). The van der Waals surface area contributed by atoms with Crippen LogP contribution in [-0.2, 0) is 9.59 Å². The SMILES string of the molecule is CC(=O)N(C)C(C(=O)Nc1cc(F)ccc1F)c1ccccc1. The molecule has 0 aliphatic rings. The maximum atomic E-state index is 13.7. The van der Waals surface area contributed by atoms with Gasteiger partial charge in [0.2, 0.25) is 5.91 Å². The van der Waals surface area contributed by atoms with Crippen molar-refractivity contribution in [1.29, 1.82) is 0 Å². The fourth-order valence-electron chi connectivity index (χ4n) is 2.16. The monoisotopic (exact) mass is 318 g/mol. The number of carbonyl (C=O) groups is 2. The van der Waals surface area contributed by atoms with Crippen LogP contribution >= 0.6 is 0 Å². The maximum absolute atomic E-state index is 13.7. The molecule has 1 atom stereocenters. The molecule has 120 valence electrons. The molecular weight excluding hydrogens is 302 g/mol. The zero-order valence-electron chi connectivity index (χ0n) is 12.7. The summed E-state index contributed by atoms with van der Waals surface area (Å²) in [6.07, 6.45) is 0. The van der Waals surface area contributed by atoms with Gasteiger partial charge in [0.1, 0.15) is 17.7 Å². The Morgan fingerprint density at radius 2 is 1.74 bits per heavy atom. The molecule has 1 unspecified atom stereocenters. The second-order valence-electron chi connectivity index (χ2n) is 5.06. The van der Waals surface area contributed by atoms with E-state index >= 15 is 0 Å². The lowest BCUT2D eigenvalue weighted by Gasteiger charge is -2.26. The van der Waals surface area contributed by atoms with E-state index in [0.717, 1.165) is 18.2 Å². The quantitative estimate of drug-likeness (QED) is 0.941. The number of likely N-dealkylation sites (N-methyl/N-ethyl adjacent to an activating group) is 1. The number of nitrogens with one attached hydrogen (secondary N) is 1. The van der Waals surface area contributed by atoms with Crippen molar-refractivity contribution >= 4 is 17.5 Å². The molecule has 0 aliphatic heterocycles. The number of hydrogen-bond acceptors (Lipinski definition) is 2. The Bertz CT molecular complexity index is 720. The molecule has 0 aromatic heterocycles. The van der Waals surface area contributed by atoms with Crippen molar-refractivity contribution in [3.63, 3.8) is 0 Å². The normalized spacial score (nSPS) is 11.7. The van der Waals surface area contributed by atoms with Crippen LogP contribution in [0.2, 0.25) is 0 Å². The minimum absolute atomic E-state index is 0.270. The van der Waals surface area contributed by atoms with Crippen LogP contribution in [0.25, 0.3) is 0 Å². The molecule has 2 amide bonds. The number of nitrogens with zero attached hydrogens (tertiary/aromatic N) is 1. The van der Waals surface area contributed by atoms with Crippen LogP contribution in [0.15, 0.2) is 48.5 Å². The van der Waals surface area contributed by atoms with Gasteiger partial charge in [-0.1, -0.05) is 30.3 Å².